The summed E-state index contributed by atoms with van der Waals surface area (Å²) in [4.78, 5) is 22.9. The number of hydrogen-bond donors (Lipinski definition) is 0. The molecule has 2 unspecified atom stereocenters. The van der Waals surface area contributed by atoms with Gasteiger partial charge in [0.2, 0.25) is 0 Å². The second-order valence-corrected chi connectivity index (χ2v) is 5.26. The largest absolute Gasteiger partial charge is 0.462 e. The molecule has 0 fully saturated rings. The minimum Gasteiger partial charge on any atom is -0.462 e. The number of carbonyl (C=O) groups is 2. The van der Waals surface area contributed by atoms with Gasteiger partial charge in [0, 0.05) is 24.7 Å². The first-order chi connectivity index (χ1) is 12.0. The minimum atomic E-state index is -4.62. The first-order valence-corrected chi connectivity index (χ1v) is 7.51. The monoisotopic (exact) mass is 404 g/mol. The van der Waals surface area contributed by atoms with Crippen LogP contribution in [0.1, 0.15) is 13.3 Å². The van der Waals surface area contributed by atoms with Gasteiger partial charge in [0.1, 0.15) is 0 Å². The van der Waals surface area contributed by atoms with Crippen molar-refractivity contribution in [1.29, 1.82) is 0 Å². The van der Waals surface area contributed by atoms with Gasteiger partial charge < -0.3 is 9.47 Å². The number of halogens is 6. The average Bonchev–Trinajstić information content (AvgIpc) is 2.54. The number of rotatable bonds is 9. The number of allylic oxidation sites excluding steroid dienone is 2. The number of alkyl halides is 4. The summed E-state index contributed by atoms with van der Waals surface area (Å²) in [6, 6.07) is 0. The van der Waals surface area contributed by atoms with Gasteiger partial charge in [-0.1, -0.05) is 6.58 Å². The molecule has 1 rings (SSSR count). The summed E-state index contributed by atoms with van der Waals surface area (Å²) in [6.45, 7) is 3.17. The lowest BCUT2D eigenvalue weighted by molar-refractivity contribution is -0.336. The summed E-state index contributed by atoms with van der Waals surface area (Å²) >= 11 is 4.55. The molecule has 0 bridgehead atoms. The van der Waals surface area contributed by atoms with E-state index < -0.39 is 66.1 Å². The molecule has 0 spiro atoms. The molecule has 0 aromatic rings. The van der Waals surface area contributed by atoms with Gasteiger partial charge in [-0.2, -0.15) is 8.78 Å². The van der Waals surface area contributed by atoms with Crippen LogP contribution in [0.3, 0.4) is 0 Å². The highest BCUT2D eigenvalue weighted by molar-refractivity contribution is 6.20. The quantitative estimate of drug-likeness (QED) is 0.193. The summed E-state index contributed by atoms with van der Waals surface area (Å²) in [5, 5.41) is 0. The molecule has 0 aromatic carbocycles. The normalized spacial score (nSPS) is 23.5. The predicted octanol–water partition coefficient (Wildman–Crippen LogP) is 3.64. The second kappa shape index (κ2) is 8.74. The Labute approximate surface area is 150 Å². The second-order valence-electron chi connectivity index (χ2n) is 4.82. The highest BCUT2D eigenvalue weighted by atomic mass is 35.5. The van der Waals surface area contributed by atoms with Crippen LogP contribution in [0.4, 0.5) is 22.0 Å². The van der Waals surface area contributed by atoms with Gasteiger partial charge in [0.15, 0.2) is 23.6 Å². The molecule has 0 saturated heterocycles. The Hall–Kier alpha value is -1.78. The Morgan fingerprint density at radius 2 is 2.04 bits per heavy atom. The van der Waals surface area contributed by atoms with Crippen molar-refractivity contribution in [1.82, 2.24) is 0 Å². The lowest BCUT2D eigenvalue weighted by Crippen LogP contribution is -2.52. The summed E-state index contributed by atoms with van der Waals surface area (Å²) in [5.41, 5.74) is -5.67. The van der Waals surface area contributed by atoms with Gasteiger partial charge >= 0.3 is 11.5 Å². The van der Waals surface area contributed by atoms with Crippen LogP contribution in [0.15, 0.2) is 36.0 Å². The lowest BCUT2D eigenvalue weighted by Gasteiger charge is -2.38. The van der Waals surface area contributed by atoms with E-state index in [2.05, 4.69) is 32.4 Å². The third kappa shape index (κ3) is 5.12. The third-order valence-electron chi connectivity index (χ3n) is 3.09. The first kappa shape index (κ1) is 22.3. The van der Waals surface area contributed by atoms with Gasteiger partial charge in [0.25, 0.3) is 5.79 Å². The molecule has 1 aliphatic rings. The van der Waals surface area contributed by atoms with Crippen LogP contribution in [0, 0.1) is 0 Å². The highest BCUT2D eigenvalue weighted by Crippen LogP contribution is 2.45. The van der Waals surface area contributed by atoms with Crippen molar-refractivity contribution in [3.8, 4) is 0 Å². The Morgan fingerprint density at radius 3 is 2.54 bits per heavy atom. The van der Waals surface area contributed by atoms with Crippen LogP contribution in [0.5, 0.6) is 0 Å². The van der Waals surface area contributed by atoms with E-state index in [0.717, 1.165) is 6.08 Å². The molecule has 0 aromatic heterocycles. The standard InChI is InChI=1S/C15H14ClF5O5/c1-3-11(23)24-6-5-10(22)8-7-9(17)13(19)14(12(8)18,25-4-2)26-15(16,20)21/h3,7,12H,1,4-6H2,2H3. The first-order valence-electron chi connectivity index (χ1n) is 7.13. The van der Waals surface area contributed by atoms with Crippen LogP contribution in [0.2, 0.25) is 0 Å². The molecule has 0 heterocycles. The molecular weight excluding hydrogens is 391 g/mol. The smallest absolute Gasteiger partial charge is 0.443 e. The molecule has 5 nitrogen and oxygen atoms in total. The van der Waals surface area contributed by atoms with Crippen molar-refractivity contribution in [2.24, 2.45) is 0 Å². The average molecular weight is 405 g/mol. The van der Waals surface area contributed by atoms with Gasteiger partial charge in [-0.3, -0.25) is 9.53 Å². The summed E-state index contributed by atoms with van der Waals surface area (Å²) in [6.07, 6.45) is -2.62. The van der Waals surface area contributed by atoms with Crippen molar-refractivity contribution >= 4 is 23.4 Å². The van der Waals surface area contributed by atoms with E-state index in [1.807, 2.05) is 0 Å². The van der Waals surface area contributed by atoms with Gasteiger partial charge in [0.05, 0.1) is 6.61 Å². The van der Waals surface area contributed by atoms with Crippen LogP contribution < -0.4 is 0 Å². The van der Waals surface area contributed by atoms with Crippen molar-refractivity contribution in [2.45, 2.75) is 30.9 Å². The van der Waals surface area contributed by atoms with Crippen LogP contribution in [0.25, 0.3) is 0 Å². The third-order valence-corrected chi connectivity index (χ3v) is 3.17. The number of Topliss-reactive ketones (excluding diaryl/α,β-unsaturated/α-hetero) is 1. The molecule has 0 N–H and O–H groups in total. The lowest BCUT2D eigenvalue weighted by atomic mass is 9.91. The summed E-state index contributed by atoms with van der Waals surface area (Å²) in [5.74, 6) is -9.59. The molecule has 0 aliphatic heterocycles. The van der Waals surface area contributed by atoms with E-state index in [4.69, 9.17) is 0 Å². The molecule has 0 saturated carbocycles. The summed E-state index contributed by atoms with van der Waals surface area (Å²) < 4.78 is 81.5. The van der Waals surface area contributed by atoms with E-state index in [0.29, 0.717) is 0 Å². The zero-order valence-electron chi connectivity index (χ0n) is 13.4. The Bertz CT molecular complexity index is 643. The number of ether oxygens (including phenoxy) is 3. The fraction of sp³-hybridized carbons (Fsp3) is 0.467. The van der Waals surface area contributed by atoms with E-state index in [-0.39, 0.29) is 6.08 Å². The topological polar surface area (TPSA) is 61.8 Å². The zero-order valence-corrected chi connectivity index (χ0v) is 14.1. The molecule has 0 radical (unpaired) electrons. The van der Waals surface area contributed by atoms with E-state index in [1.54, 1.807) is 0 Å². The molecule has 0 amide bonds. The van der Waals surface area contributed by atoms with E-state index in [9.17, 15) is 31.5 Å². The maximum absolute atomic E-state index is 14.7. The van der Waals surface area contributed by atoms with Crippen molar-refractivity contribution in [2.75, 3.05) is 13.2 Å². The molecule has 146 valence electrons. The van der Waals surface area contributed by atoms with Crippen LogP contribution >= 0.6 is 11.6 Å². The van der Waals surface area contributed by atoms with E-state index in [1.165, 1.54) is 6.92 Å². The highest BCUT2D eigenvalue weighted by Gasteiger charge is 2.58. The molecule has 1 aliphatic carbocycles. The van der Waals surface area contributed by atoms with Crippen LogP contribution in [-0.4, -0.2) is 42.5 Å². The number of carbonyl (C=O) groups excluding carboxylic acids is 2. The van der Waals surface area contributed by atoms with Gasteiger partial charge in [-0.05, 0) is 24.6 Å². The van der Waals surface area contributed by atoms with Crippen molar-refractivity contribution in [3.63, 3.8) is 0 Å². The number of ketones is 1. The molecule has 11 heteroatoms. The van der Waals surface area contributed by atoms with Gasteiger partial charge in [-0.25, -0.2) is 18.0 Å². The predicted molar refractivity (Wildman–Crippen MR) is 79.2 cm³/mol. The molecule has 2 atom stereocenters. The summed E-state index contributed by atoms with van der Waals surface area (Å²) in [7, 11) is 0. The minimum absolute atomic E-state index is 0.185. The Morgan fingerprint density at radius 1 is 1.42 bits per heavy atom. The number of hydrogen-bond acceptors (Lipinski definition) is 5. The fourth-order valence-electron chi connectivity index (χ4n) is 2.07. The Balaban J connectivity index is 3.15. The van der Waals surface area contributed by atoms with Crippen molar-refractivity contribution < 1.29 is 45.8 Å². The van der Waals surface area contributed by atoms with Gasteiger partial charge in [-0.15, -0.1) is 0 Å². The number of esters is 1. The van der Waals surface area contributed by atoms with Crippen LogP contribution in [-0.2, 0) is 23.8 Å². The zero-order chi connectivity index (χ0) is 20.1. The van der Waals surface area contributed by atoms with E-state index >= 15 is 0 Å². The molecule has 26 heavy (non-hydrogen) atoms. The maximum atomic E-state index is 14.7. The molecular formula is C15H14ClF5O5. The van der Waals surface area contributed by atoms with Crippen molar-refractivity contribution in [3.05, 3.63) is 36.0 Å². The SMILES string of the molecule is C=CC(=O)OCCC(=O)C1=CC(F)=C(F)C(OCC)(OC(F)(F)Cl)C1F. The fourth-order valence-corrected chi connectivity index (χ4v) is 2.19. The Kier molecular flexibility index (Phi) is 7.48. The maximum Gasteiger partial charge on any atom is 0.443 e.